The van der Waals surface area contributed by atoms with Gasteiger partial charge in [-0.1, -0.05) is 29.4 Å². The van der Waals surface area contributed by atoms with Gasteiger partial charge in [0, 0.05) is 13.1 Å². The molecular weight excluding hydrogens is 292 g/mol. The maximum Gasteiger partial charge on any atom is 0.310 e. The van der Waals surface area contributed by atoms with Crippen LogP contribution in [0.2, 0.25) is 0 Å². The van der Waals surface area contributed by atoms with Gasteiger partial charge >= 0.3 is 5.97 Å². The average molecular weight is 318 g/mol. The Balaban J connectivity index is 1.70. The van der Waals surface area contributed by atoms with E-state index in [0.717, 1.165) is 38.0 Å². The smallest absolute Gasteiger partial charge is 0.310 e. The third kappa shape index (κ3) is 5.67. The number of carbonyl (C=O) groups excluding carboxylic acids is 1. The fourth-order valence-electron chi connectivity index (χ4n) is 2.76. The van der Waals surface area contributed by atoms with E-state index in [0.29, 0.717) is 13.2 Å². The SMILES string of the molecule is CCOC(=O)[C@@H]1CCCN(CCO/N=C\c2ccccc2C)C1. The third-order valence-corrected chi connectivity index (χ3v) is 4.08. The molecule has 0 N–H and O–H groups in total. The zero-order valence-corrected chi connectivity index (χ0v) is 14.0. The molecule has 1 aliphatic heterocycles. The summed E-state index contributed by atoms with van der Waals surface area (Å²) < 4.78 is 5.11. The highest BCUT2D eigenvalue weighted by Gasteiger charge is 2.26. The van der Waals surface area contributed by atoms with Gasteiger partial charge in [0.2, 0.25) is 0 Å². The highest BCUT2D eigenvalue weighted by atomic mass is 16.6. The maximum absolute atomic E-state index is 11.8. The van der Waals surface area contributed by atoms with Crippen LogP contribution < -0.4 is 0 Å². The molecule has 1 aromatic carbocycles. The molecule has 23 heavy (non-hydrogen) atoms. The first-order chi connectivity index (χ1) is 11.2. The summed E-state index contributed by atoms with van der Waals surface area (Å²) in [6.45, 7) is 7.40. The van der Waals surface area contributed by atoms with Crippen LogP contribution in [0.1, 0.15) is 30.9 Å². The summed E-state index contributed by atoms with van der Waals surface area (Å²) in [5.41, 5.74) is 2.24. The molecule has 1 saturated heterocycles. The third-order valence-electron chi connectivity index (χ3n) is 4.08. The van der Waals surface area contributed by atoms with Crippen molar-refractivity contribution in [3.05, 3.63) is 35.4 Å². The van der Waals surface area contributed by atoms with E-state index in [-0.39, 0.29) is 11.9 Å². The summed E-state index contributed by atoms with van der Waals surface area (Å²) in [4.78, 5) is 19.4. The van der Waals surface area contributed by atoms with Crippen molar-refractivity contribution in [2.45, 2.75) is 26.7 Å². The minimum absolute atomic E-state index is 0.000769. The molecule has 5 heteroatoms. The summed E-state index contributed by atoms with van der Waals surface area (Å²) in [6, 6.07) is 8.04. The molecular formula is C18H26N2O3. The Bertz CT molecular complexity index is 531. The van der Waals surface area contributed by atoms with Crippen LogP contribution >= 0.6 is 0 Å². The van der Waals surface area contributed by atoms with E-state index < -0.39 is 0 Å². The van der Waals surface area contributed by atoms with Crippen molar-refractivity contribution < 1.29 is 14.4 Å². The number of aryl methyl sites for hydroxylation is 1. The molecule has 0 aromatic heterocycles. The van der Waals surface area contributed by atoms with Crippen LogP contribution in [0.3, 0.4) is 0 Å². The molecule has 0 radical (unpaired) electrons. The molecule has 1 heterocycles. The number of hydrogen-bond donors (Lipinski definition) is 0. The van der Waals surface area contributed by atoms with Crippen LogP contribution in [0.25, 0.3) is 0 Å². The molecule has 1 fully saturated rings. The predicted octanol–water partition coefficient (Wildman–Crippen LogP) is 2.62. The molecule has 0 spiro atoms. The van der Waals surface area contributed by atoms with Crippen molar-refractivity contribution >= 4 is 12.2 Å². The highest BCUT2D eigenvalue weighted by Crippen LogP contribution is 2.17. The van der Waals surface area contributed by atoms with Crippen LogP contribution in [-0.4, -0.2) is 49.9 Å². The Labute approximate surface area is 138 Å². The minimum Gasteiger partial charge on any atom is -0.466 e. The van der Waals surface area contributed by atoms with Gasteiger partial charge in [-0.25, -0.2) is 0 Å². The zero-order chi connectivity index (χ0) is 16.5. The van der Waals surface area contributed by atoms with Crippen LogP contribution in [0.5, 0.6) is 0 Å². The number of nitrogens with zero attached hydrogens (tertiary/aromatic N) is 2. The summed E-state index contributed by atoms with van der Waals surface area (Å²) in [6.07, 6.45) is 3.69. The maximum atomic E-state index is 11.8. The van der Waals surface area contributed by atoms with Crippen molar-refractivity contribution in [2.75, 3.05) is 32.8 Å². The molecule has 126 valence electrons. The van der Waals surface area contributed by atoms with E-state index in [1.807, 2.05) is 38.1 Å². The van der Waals surface area contributed by atoms with Gasteiger partial charge in [0.1, 0.15) is 6.61 Å². The van der Waals surface area contributed by atoms with Gasteiger partial charge in [-0.15, -0.1) is 0 Å². The Morgan fingerprint density at radius 3 is 3.04 bits per heavy atom. The molecule has 0 saturated carbocycles. The van der Waals surface area contributed by atoms with E-state index in [1.54, 1.807) is 6.21 Å². The van der Waals surface area contributed by atoms with Gasteiger partial charge in [-0.3, -0.25) is 9.69 Å². The molecule has 5 nitrogen and oxygen atoms in total. The van der Waals surface area contributed by atoms with Crippen molar-refractivity contribution in [3.63, 3.8) is 0 Å². The first-order valence-corrected chi connectivity index (χ1v) is 8.30. The van der Waals surface area contributed by atoms with Gasteiger partial charge in [0.25, 0.3) is 0 Å². The second-order valence-corrected chi connectivity index (χ2v) is 5.82. The van der Waals surface area contributed by atoms with Crippen molar-refractivity contribution in [1.29, 1.82) is 0 Å². The number of piperidine rings is 1. The molecule has 1 atom stereocenters. The first-order valence-electron chi connectivity index (χ1n) is 8.30. The van der Waals surface area contributed by atoms with Crippen LogP contribution in [0.15, 0.2) is 29.4 Å². The largest absolute Gasteiger partial charge is 0.466 e. The average Bonchev–Trinajstić information content (AvgIpc) is 2.57. The Morgan fingerprint density at radius 2 is 2.26 bits per heavy atom. The van der Waals surface area contributed by atoms with E-state index in [9.17, 15) is 4.79 Å². The number of hydrogen-bond acceptors (Lipinski definition) is 5. The molecule has 0 unspecified atom stereocenters. The van der Waals surface area contributed by atoms with Crippen LogP contribution in [0, 0.1) is 12.8 Å². The lowest BCUT2D eigenvalue weighted by atomic mass is 9.98. The number of esters is 1. The molecule has 2 rings (SSSR count). The van der Waals surface area contributed by atoms with Crippen molar-refractivity contribution in [2.24, 2.45) is 11.1 Å². The lowest BCUT2D eigenvalue weighted by Crippen LogP contribution is -2.40. The molecule has 1 aromatic rings. The number of rotatable bonds is 7. The highest BCUT2D eigenvalue weighted by molar-refractivity contribution is 5.81. The molecule has 1 aliphatic rings. The zero-order valence-electron chi connectivity index (χ0n) is 14.0. The monoisotopic (exact) mass is 318 g/mol. The Kier molecular flexibility index (Phi) is 7.07. The van der Waals surface area contributed by atoms with E-state index in [2.05, 4.69) is 10.1 Å². The number of ether oxygens (including phenoxy) is 1. The quantitative estimate of drug-likeness (QED) is 0.336. The lowest BCUT2D eigenvalue weighted by molar-refractivity contribution is -0.150. The normalized spacial score (nSPS) is 19.0. The lowest BCUT2D eigenvalue weighted by Gasteiger charge is -2.30. The van der Waals surface area contributed by atoms with E-state index in [1.165, 1.54) is 5.56 Å². The van der Waals surface area contributed by atoms with Crippen LogP contribution in [-0.2, 0) is 14.4 Å². The topological polar surface area (TPSA) is 51.1 Å². The minimum atomic E-state index is -0.0734. The van der Waals surface area contributed by atoms with Crippen LogP contribution in [0.4, 0.5) is 0 Å². The Hall–Kier alpha value is -1.88. The second kappa shape index (κ2) is 9.30. The van der Waals surface area contributed by atoms with E-state index >= 15 is 0 Å². The number of likely N-dealkylation sites (tertiary alicyclic amines) is 1. The first kappa shape index (κ1) is 17.5. The Morgan fingerprint density at radius 1 is 1.43 bits per heavy atom. The molecule has 0 aliphatic carbocycles. The van der Waals surface area contributed by atoms with Gasteiger partial charge in [-0.2, -0.15) is 0 Å². The standard InChI is InChI=1S/C18H26N2O3/c1-3-22-18(21)17-9-6-10-20(14-17)11-12-23-19-13-16-8-5-4-7-15(16)2/h4-5,7-8,13,17H,3,6,9-12,14H2,1-2H3/b19-13-/t17-/m1/s1. The van der Waals surface area contributed by atoms with Gasteiger partial charge in [0.15, 0.2) is 0 Å². The number of benzene rings is 1. The molecule has 0 amide bonds. The van der Waals surface area contributed by atoms with E-state index in [4.69, 9.17) is 9.57 Å². The fraction of sp³-hybridized carbons (Fsp3) is 0.556. The fourth-order valence-corrected chi connectivity index (χ4v) is 2.76. The summed E-state index contributed by atoms with van der Waals surface area (Å²) in [5, 5.41) is 4.03. The van der Waals surface area contributed by atoms with Crippen molar-refractivity contribution in [3.8, 4) is 0 Å². The second-order valence-electron chi connectivity index (χ2n) is 5.82. The summed E-state index contributed by atoms with van der Waals surface area (Å²) in [7, 11) is 0. The van der Waals surface area contributed by atoms with Crippen molar-refractivity contribution in [1.82, 2.24) is 4.90 Å². The van der Waals surface area contributed by atoms with Gasteiger partial charge in [0.05, 0.1) is 18.7 Å². The number of carbonyl (C=O) groups is 1. The molecule has 0 bridgehead atoms. The summed E-state index contributed by atoms with van der Waals surface area (Å²) in [5.74, 6) is -0.0742. The number of oxime groups is 1. The van der Waals surface area contributed by atoms with Gasteiger partial charge < -0.3 is 9.57 Å². The predicted molar refractivity (Wildman–Crippen MR) is 90.5 cm³/mol. The summed E-state index contributed by atoms with van der Waals surface area (Å²) >= 11 is 0. The van der Waals surface area contributed by atoms with Gasteiger partial charge in [-0.05, 0) is 44.4 Å².